The molecule has 2 aliphatic heterocycles. The number of halogens is 1. The van der Waals surface area contributed by atoms with Gasteiger partial charge in [0.05, 0.1) is 0 Å². The molecule has 5 atom stereocenters. The van der Waals surface area contributed by atoms with Crippen LogP contribution in [-0.4, -0.2) is 52.8 Å². The molecule has 186 valence electrons. The molecule has 6 nitrogen and oxygen atoms in total. The van der Waals surface area contributed by atoms with Gasteiger partial charge in [-0.25, -0.2) is 0 Å². The summed E-state index contributed by atoms with van der Waals surface area (Å²) in [5.41, 5.74) is 0.101. The Kier molecular flexibility index (Phi) is 5.85. The van der Waals surface area contributed by atoms with Gasteiger partial charge in [0.1, 0.15) is 0 Å². The van der Waals surface area contributed by atoms with Crippen molar-refractivity contribution in [2.45, 2.75) is 107 Å². The molecule has 3 unspecified atom stereocenters. The fourth-order valence-corrected chi connectivity index (χ4v) is 17.6. The van der Waals surface area contributed by atoms with Crippen molar-refractivity contribution in [3.8, 4) is 0 Å². The fraction of sp³-hybridized carbons (Fsp3) is 0.885. The second kappa shape index (κ2) is 8.09. The van der Waals surface area contributed by atoms with Gasteiger partial charge in [-0.1, -0.05) is 0 Å². The van der Waals surface area contributed by atoms with Crippen molar-refractivity contribution in [3.63, 3.8) is 0 Å². The summed E-state index contributed by atoms with van der Waals surface area (Å²) in [6, 6.07) is -0.348. The average molecular weight is 572 g/mol. The molecule has 1 N–H and O–H groups in total. The summed E-state index contributed by atoms with van der Waals surface area (Å²) in [5, 5.41) is 2.96. The number of hydrogen-bond acceptors (Lipinski definition) is 3. The summed E-state index contributed by atoms with van der Waals surface area (Å²) in [7, 11) is 2.10. The van der Waals surface area contributed by atoms with Gasteiger partial charge in [0.25, 0.3) is 0 Å². The Morgan fingerprint density at radius 1 is 1.12 bits per heavy atom. The molecule has 4 amide bonds. The minimum absolute atomic E-state index is 0.0176. The predicted molar refractivity (Wildman–Crippen MR) is 138 cm³/mol. The van der Waals surface area contributed by atoms with Crippen molar-refractivity contribution in [3.05, 3.63) is 0 Å². The summed E-state index contributed by atoms with van der Waals surface area (Å²) < 4.78 is 4.02. The third kappa shape index (κ3) is 3.40. The normalized spacial score (nSPS) is 40.5. The monoisotopic (exact) mass is 571 g/mol. The van der Waals surface area contributed by atoms with Crippen molar-refractivity contribution >= 4 is 37.9 Å². The maximum atomic E-state index is 14.0. The quantitative estimate of drug-likeness (QED) is 0.290. The molecule has 3 saturated carbocycles. The zero-order chi connectivity index (χ0) is 23.8. The van der Waals surface area contributed by atoms with Crippen LogP contribution in [0.5, 0.6) is 0 Å². The molecule has 0 aromatic heterocycles. The van der Waals surface area contributed by atoms with Gasteiger partial charge in [0.2, 0.25) is 0 Å². The van der Waals surface area contributed by atoms with Crippen LogP contribution >= 0.6 is 20.1 Å². The second-order valence-corrected chi connectivity index (χ2v) is 18.6. The summed E-state index contributed by atoms with van der Waals surface area (Å²) in [6.07, 6.45) is 10.8. The Bertz CT molecular complexity index is 862. The van der Waals surface area contributed by atoms with E-state index in [-0.39, 0.29) is 29.4 Å². The molecule has 2 spiro atoms. The SMILES string of the molecule is CC(C)NC(=O)N(C(=O)[C@]12CCCC34C[C@@]35CCC(=O)N(C)I5CCC4C(CC1)C2)C(C)C. The Hall–Kier alpha value is -0.860. The van der Waals surface area contributed by atoms with Crippen LogP contribution in [0.1, 0.15) is 91.9 Å². The van der Waals surface area contributed by atoms with E-state index in [2.05, 4.69) is 15.5 Å². The van der Waals surface area contributed by atoms with Crippen LogP contribution in [0, 0.1) is 22.7 Å². The summed E-state index contributed by atoms with van der Waals surface area (Å²) in [4.78, 5) is 41.0. The molecule has 0 radical (unpaired) electrons. The maximum absolute atomic E-state index is 14.0. The molecule has 2 saturated heterocycles. The van der Waals surface area contributed by atoms with Crippen molar-refractivity contribution < 1.29 is 14.4 Å². The standard InChI is InChI=1S/C26H42IN3O3/c1-17(2)28-23(33)30(18(3)4)22(32)24-10-6-11-25-16-26(25)13-8-21(31)29(5)27(26)14-9-20(25)19(15-24)7-12-24/h17-20H,6-16H2,1-5H3,(H,28,33)/t19?,20?,24-,25?,26+/m1/s1. The third-order valence-corrected chi connectivity index (χ3v) is 18.1. The number of imide groups is 1. The van der Waals surface area contributed by atoms with E-state index in [0.29, 0.717) is 20.7 Å². The van der Waals surface area contributed by atoms with Crippen molar-refractivity contribution in [1.29, 1.82) is 0 Å². The molecule has 5 rings (SSSR count). The van der Waals surface area contributed by atoms with Crippen LogP contribution < -0.4 is 5.32 Å². The van der Waals surface area contributed by atoms with Crippen LogP contribution in [0.15, 0.2) is 0 Å². The fourth-order valence-electron chi connectivity index (χ4n) is 8.38. The Morgan fingerprint density at radius 3 is 2.58 bits per heavy atom. The Balaban J connectivity index is 1.39. The first-order chi connectivity index (χ1) is 15.6. The zero-order valence-electron chi connectivity index (χ0n) is 21.1. The number of carbonyl (C=O) groups is 3. The first-order valence-corrected chi connectivity index (χ1v) is 16.7. The van der Waals surface area contributed by atoms with Gasteiger partial charge in [0.15, 0.2) is 0 Å². The van der Waals surface area contributed by atoms with E-state index in [4.69, 9.17) is 0 Å². The first kappa shape index (κ1) is 23.9. The van der Waals surface area contributed by atoms with Gasteiger partial charge >= 0.3 is 207 Å². The summed E-state index contributed by atoms with van der Waals surface area (Å²) >= 11 is -1.44. The molecule has 2 bridgehead atoms. The molecule has 33 heavy (non-hydrogen) atoms. The number of rotatable bonds is 3. The van der Waals surface area contributed by atoms with Gasteiger partial charge in [-0.05, 0) is 0 Å². The predicted octanol–water partition coefficient (Wildman–Crippen LogP) is 5.13. The summed E-state index contributed by atoms with van der Waals surface area (Å²) in [5.74, 6) is 1.80. The zero-order valence-corrected chi connectivity index (χ0v) is 23.2. The molecular formula is C26H42IN3O3. The van der Waals surface area contributed by atoms with E-state index in [1.165, 1.54) is 28.6 Å². The number of fused-ring (bicyclic) bond motifs is 3. The number of amides is 4. The van der Waals surface area contributed by atoms with Crippen LogP contribution in [0.25, 0.3) is 0 Å². The van der Waals surface area contributed by atoms with E-state index in [0.717, 1.165) is 50.9 Å². The van der Waals surface area contributed by atoms with E-state index < -0.39 is 20.1 Å². The van der Waals surface area contributed by atoms with E-state index in [9.17, 15) is 14.4 Å². The van der Waals surface area contributed by atoms with Gasteiger partial charge in [-0.3, -0.25) is 0 Å². The number of urea groups is 1. The van der Waals surface area contributed by atoms with Crippen molar-refractivity contribution in [2.24, 2.45) is 22.7 Å². The van der Waals surface area contributed by atoms with E-state index in [1.807, 2.05) is 27.7 Å². The van der Waals surface area contributed by atoms with Gasteiger partial charge in [-0.15, -0.1) is 0 Å². The van der Waals surface area contributed by atoms with Crippen LogP contribution in [0.2, 0.25) is 0 Å². The van der Waals surface area contributed by atoms with Crippen LogP contribution in [0.4, 0.5) is 4.79 Å². The summed E-state index contributed by atoms with van der Waals surface area (Å²) in [6.45, 7) is 7.81. The second-order valence-electron chi connectivity index (χ2n) is 12.1. The van der Waals surface area contributed by atoms with E-state index >= 15 is 0 Å². The third-order valence-electron chi connectivity index (χ3n) is 9.79. The van der Waals surface area contributed by atoms with E-state index in [1.54, 1.807) is 0 Å². The number of carbonyl (C=O) groups excluding carboxylic acids is 3. The first-order valence-electron chi connectivity index (χ1n) is 13.1. The molecule has 7 heteroatoms. The Labute approximate surface area is 206 Å². The van der Waals surface area contributed by atoms with Crippen molar-refractivity contribution in [2.75, 3.05) is 11.5 Å². The molecule has 3 aliphatic carbocycles. The van der Waals surface area contributed by atoms with Gasteiger partial charge in [-0.2, -0.15) is 0 Å². The molecule has 2 heterocycles. The van der Waals surface area contributed by atoms with Gasteiger partial charge in [0, 0.05) is 0 Å². The molecular weight excluding hydrogens is 529 g/mol. The van der Waals surface area contributed by atoms with Gasteiger partial charge < -0.3 is 0 Å². The average Bonchev–Trinajstić information content (AvgIpc) is 3.18. The number of alkyl halides is 2. The number of nitrogens with one attached hydrogen (secondary N) is 1. The minimum atomic E-state index is -1.44. The number of hydrogen-bond donors (Lipinski definition) is 1. The Morgan fingerprint density at radius 2 is 1.88 bits per heavy atom. The van der Waals surface area contributed by atoms with Crippen LogP contribution in [0.3, 0.4) is 0 Å². The topological polar surface area (TPSA) is 69.7 Å². The number of nitrogens with zero attached hydrogens (tertiary/aromatic N) is 2. The van der Waals surface area contributed by atoms with Crippen molar-refractivity contribution in [1.82, 2.24) is 13.3 Å². The molecule has 0 aromatic rings. The molecule has 0 aromatic carbocycles. The molecule has 5 fully saturated rings. The van der Waals surface area contributed by atoms with Crippen LogP contribution in [-0.2, 0) is 9.59 Å². The molecule has 5 aliphatic rings.